The lowest BCUT2D eigenvalue weighted by atomic mass is 10.2. The van der Waals surface area contributed by atoms with Gasteiger partial charge in [0.2, 0.25) is 0 Å². The predicted octanol–water partition coefficient (Wildman–Crippen LogP) is 3.55. The van der Waals surface area contributed by atoms with Gasteiger partial charge >= 0.3 is 5.97 Å². The van der Waals surface area contributed by atoms with Crippen molar-refractivity contribution < 1.29 is 19.0 Å². The van der Waals surface area contributed by atoms with Gasteiger partial charge in [-0.15, -0.1) is 0 Å². The fourth-order valence-electron chi connectivity index (χ4n) is 2.25. The van der Waals surface area contributed by atoms with E-state index in [4.69, 9.17) is 9.47 Å². The third-order valence-corrected chi connectivity index (χ3v) is 3.95. The molecule has 0 saturated heterocycles. The summed E-state index contributed by atoms with van der Waals surface area (Å²) in [6, 6.07) is 11.2. The molecule has 0 aliphatic carbocycles. The number of esters is 1. The fourth-order valence-corrected chi connectivity index (χ4v) is 2.61. The summed E-state index contributed by atoms with van der Waals surface area (Å²) in [6.07, 6.45) is 0. The molecule has 0 bridgehead atoms. The highest BCUT2D eigenvalue weighted by atomic mass is 79.9. The van der Waals surface area contributed by atoms with Crippen molar-refractivity contribution in [3.63, 3.8) is 0 Å². The molecule has 0 aliphatic heterocycles. The quantitative estimate of drug-likeness (QED) is 0.674. The SMILES string of the molecule is COC(=O)COc1ccc(-c2nc3ccc(Br)cc3[nH]2)cc1OC. The number of benzene rings is 2. The minimum Gasteiger partial charge on any atom is -0.493 e. The molecule has 0 fully saturated rings. The molecule has 0 atom stereocenters. The molecular weight excluding hydrogens is 376 g/mol. The number of H-pyrrole nitrogens is 1. The molecule has 1 N–H and O–H groups in total. The largest absolute Gasteiger partial charge is 0.493 e. The smallest absolute Gasteiger partial charge is 0.343 e. The van der Waals surface area contributed by atoms with E-state index in [-0.39, 0.29) is 6.61 Å². The number of nitrogens with one attached hydrogen (secondary N) is 1. The van der Waals surface area contributed by atoms with E-state index in [1.165, 1.54) is 7.11 Å². The van der Waals surface area contributed by atoms with Crippen LogP contribution in [0.25, 0.3) is 22.4 Å². The summed E-state index contributed by atoms with van der Waals surface area (Å²) in [5, 5.41) is 0. The molecule has 0 unspecified atom stereocenters. The maximum absolute atomic E-state index is 11.2. The van der Waals surface area contributed by atoms with Crippen molar-refractivity contribution in [1.82, 2.24) is 9.97 Å². The number of methoxy groups -OCH3 is 2. The summed E-state index contributed by atoms with van der Waals surface area (Å²) in [6.45, 7) is -0.176. The van der Waals surface area contributed by atoms with Crippen LogP contribution in [0.1, 0.15) is 0 Å². The Labute approximate surface area is 146 Å². The molecule has 0 saturated carbocycles. The van der Waals surface area contributed by atoms with Gasteiger partial charge in [0.25, 0.3) is 0 Å². The fraction of sp³-hybridized carbons (Fsp3) is 0.176. The zero-order chi connectivity index (χ0) is 17.1. The Bertz CT molecular complexity index is 891. The summed E-state index contributed by atoms with van der Waals surface area (Å²) in [5.74, 6) is 1.24. The van der Waals surface area contributed by atoms with Gasteiger partial charge in [0.05, 0.1) is 25.3 Å². The van der Waals surface area contributed by atoms with Crippen molar-refractivity contribution in [2.45, 2.75) is 0 Å². The van der Waals surface area contributed by atoms with Crippen LogP contribution in [0.5, 0.6) is 11.5 Å². The van der Waals surface area contributed by atoms with Crippen LogP contribution in [0.3, 0.4) is 0 Å². The topological polar surface area (TPSA) is 73.4 Å². The highest BCUT2D eigenvalue weighted by Gasteiger charge is 2.12. The van der Waals surface area contributed by atoms with Crippen LogP contribution in [0.4, 0.5) is 0 Å². The number of carbonyl (C=O) groups is 1. The molecule has 3 rings (SSSR count). The summed E-state index contributed by atoms with van der Waals surface area (Å²) in [5.41, 5.74) is 2.66. The van der Waals surface area contributed by atoms with Crippen LogP contribution < -0.4 is 9.47 Å². The number of hydrogen-bond acceptors (Lipinski definition) is 5. The molecule has 1 aromatic heterocycles. The third-order valence-electron chi connectivity index (χ3n) is 3.45. The number of carbonyl (C=O) groups excluding carboxylic acids is 1. The highest BCUT2D eigenvalue weighted by molar-refractivity contribution is 9.10. The second-order valence-electron chi connectivity index (χ2n) is 4.98. The maximum Gasteiger partial charge on any atom is 0.343 e. The van der Waals surface area contributed by atoms with Crippen LogP contribution in [-0.4, -0.2) is 36.8 Å². The first-order valence-electron chi connectivity index (χ1n) is 7.14. The Kier molecular flexibility index (Phi) is 4.71. The van der Waals surface area contributed by atoms with Gasteiger partial charge in [0, 0.05) is 10.0 Å². The lowest BCUT2D eigenvalue weighted by Crippen LogP contribution is -2.12. The third kappa shape index (κ3) is 3.35. The first kappa shape index (κ1) is 16.3. The minimum atomic E-state index is -0.455. The van der Waals surface area contributed by atoms with Crippen LogP contribution >= 0.6 is 15.9 Å². The average molecular weight is 391 g/mol. The second kappa shape index (κ2) is 6.92. The van der Waals surface area contributed by atoms with Crippen LogP contribution in [0.2, 0.25) is 0 Å². The number of imidazole rings is 1. The molecular formula is C17H15BrN2O4. The van der Waals surface area contributed by atoms with Crippen LogP contribution in [0, 0.1) is 0 Å². The van der Waals surface area contributed by atoms with Gasteiger partial charge < -0.3 is 19.2 Å². The van der Waals surface area contributed by atoms with Gasteiger partial charge in [-0.25, -0.2) is 9.78 Å². The Morgan fingerprint density at radius 1 is 1.17 bits per heavy atom. The molecule has 7 heteroatoms. The van der Waals surface area contributed by atoms with Gasteiger partial charge in [-0.05, 0) is 36.4 Å². The standard InChI is InChI=1S/C17H15BrN2O4/c1-22-15-7-10(3-6-14(15)24-9-16(21)23-2)17-19-12-5-4-11(18)8-13(12)20-17/h3-8H,9H2,1-2H3,(H,19,20). The van der Waals surface area contributed by atoms with E-state index in [1.807, 2.05) is 24.3 Å². The Morgan fingerprint density at radius 3 is 2.75 bits per heavy atom. The van der Waals surface area contributed by atoms with E-state index < -0.39 is 5.97 Å². The molecule has 0 spiro atoms. The summed E-state index contributed by atoms with van der Waals surface area (Å²) < 4.78 is 16.3. The monoisotopic (exact) mass is 390 g/mol. The minimum absolute atomic E-state index is 0.176. The lowest BCUT2D eigenvalue weighted by Gasteiger charge is -2.10. The van der Waals surface area contributed by atoms with E-state index in [0.717, 1.165) is 26.9 Å². The number of halogens is 1. The summed E-state index contributed by atoms with van der Waals surface area (Å²) in [7, 11) is 2.85. The van der Waals surface area contributed by atoms with E-state index >= 15 is 0 Å². The second-order valence-corrected chi connectivity index (χ2v) is 5.89. The first-order chi connectivity index (χ1) is 11.6. The number of aromatic nitrogens is 2. The number of hydrogen-bond donors (Lipinski definition) is 1. The van der Waals surface area contributed by atoms with Crippen molar-refractivity contribution in [1.29, 1.82) is 0 Å². The summed E-state index contributed by atoms with van der Waals surface area (Å²) >= 11 is 3.44. The summed E-state index contributed by atoms with van der Waals surface area (Å²) in [4.78, 5) is 19.0. The van der Waals surface area contributed by atoms with Gasteiger partial charge in [-0.3, -0.25) is 0 Å². The Hall–Kier alpha value is -2.54. The number of aromatic amines is 1. The normalized spacial score (nSPS) is 10.6. The van der Waals surface area contributed by atoms with Gasteiger partial charge in [0.1, 0.15) is 5.82 Å². The zero-order valence-corrected chi connectivity index (χ0v) is 14.7. The molecule has 6 nitrogen and oxygen atoms in total. The number of nitrogens with zero attached hydrogens (tertiary/aromatic N) is 1. The van der Waals surface area contributed by atoms with E-state index in [2.05, 4.69) is 30.6 Å². The van der Waals surface area contributed by atoms with Crippen molar-refractivity contribution in [2.24, 2.45) is 0 Å². The van der Waals surface area contributed by atoms with Gasteiger partial charge in [0.15, 0.2) is 18.1 Å². The highest BCUT2D eigenvalue weighted by Crippen LogP contribution is 2.32. The van der Waals surface area contributed by atoms with Crippen molar-refractivity contribution in [2.75, 3.05) is 20.8 Å². The Balaban J connectivity index is 1.91. The molecule has 1 heterocycles. The molecule has 3 aromatic rings. The van der Waals surface area contributed by atoms with E-state index in [0.29, 0.717) is 11.5 Å². The molecule has 124 valence electrons. The van der Waals surface area contributed by atoms with Crippen LogP contribution in [-0.2, 0) is 9.53 Å². The lowest BCUT2D eigenvalue weighted by molar-refractivity contribution is -0.142. The molecule has 0 aliphatic rings. The number of rotatable bonds is 5. The van der Waals surface area contributed by atoms with Gasteiger partial charge in [-0.2, -0.15) is 0 Å². The zero-order valence-electron chi connectivity index (χ0n) is 13.1. The van der Waals surface area contributed by atoms with Crippen molar-refractivity contribution in [3.05, 3.63) is 40.9 Å². The van der Waals surface area contributed by atoms with E-state index in [9.17, 15) is 4.79 Å². The number of fused-ring (bicyclic) bond motifs is 1. The maximum atomic E-state index is 11.2. The average Bonchev–Trinajstić information content (AvgIpc) is 3.02. The number of ether oxygens (including phenoxy) is 3. The van der Waals surface area contributed by atoms with E-state index in [1.54, 1.807) is 19.2 Å². The predicted molar refractivity (Wildman–Crippen MR) is 93.3 cm³/mol. The van der Waals surface area contributed by atoms with Gasteiger partial charge in [-0.1, -0.05) is 15.9 Å². The van der Waals surface area contributed by atoms with Crippen LogP contribution in [0.15, 0.2) is 40.9 Å². The van der Waals surface area contributed by atoms with Crippen molar-refractivity contribution in [3.8, 4) is 22.9 Å². The van der Waals surface area contributed by atoms with Crippen molar-refractivity contribution >= 4 is 32.9 Å². The molecule has 24 heavy (non-hydrogen) atoms. The molecule has 2 aromatic carbocycles. The Morgan fingerprint density at radius 2 is 2.00 bits per heavy atom. The molecule has 0 amide bonds. The first-order valence-corrected chi connectivity index (χ1v) is 7.93. The molecule has 0 radical (unpaired) electrons.